The van der Waals surface area contributed by atoms with Crippen LogP contribution < -0.4 is 0 Å². The van der Waals surface area contributed by atoms with E-state index in [2.05, 4.69) is 19.1 Å². The van der Waals surface area contributed by atoms with Gasteiger partial charge in [0, 0.05) is 5.92 Å². The van der Waals surface area contributed by atoms with Gasteiger partial charge >= 0.3 is 0 Å². The summed E-state index contributed by atoms with van der Waals surface area (Å²) < 4.78 is 5.66. The molecule has 1 aromatic heterocycles. The Kier molecular flexibility index (Phi) is 6.85. The average Bonchev–Trinajstić information content (AvgIpc) is 2.84. The maximum absolute atomic E-state index is 8.95. The molecule has 0 aliphatic heterocycles. The van der Waals surface area contributed by atoms with Gasteiger partial charge in [-0.3, -0.25) is 0 Å². The SMILES string of the molecule is Cc1ccc([C@@H](C)CCCCCCCC(C)(C)C#N)o1. The third-order valence-electron chi connectivity index (χ3n) is 3.99. The Hall–Kier alpha value is -1.23. The van der Waals surface area contributed by atoms with Crippen LogP contribution in [0.25, 0.3) is 0 Å². The van der Waals surface area contributed by atoms with Crippen LogP contribution in [0.3, 0.4) is 0 Å². The first-order valence-corrected chi connectivity index (χ1v) is 7.92. The number of nitrogens with zero attached hydrogens (tertiary/aromatic N) is 1. The van der Waals surface area contributed by atoms with Crippen LogP contribution in [0.2, 0.25) is 0 Å². The maximum Gasteiger partial charge on any atom is 0.106 e. The first-order chi connectivity index (χ1) is 9.44. The highest BCUT2D eigenvalue weighted by atomic mass is 16.3. The molecule has 0 fully saturated rings. The summed E-state index contributed by atoms with van der Waals surface area (Å²) in [5.74, 6) is 2.66. The van der Waals surface area contributed by atoms with E-state index >= 15 is 0 Å². The zero-order valence-corrected chi connectivity index (χ0v) is 13.5. The number of aryl methyl sites for hydroxylation is 1. The Morgan fingerprint density at radius 1 is 1.15 bits per heavy atom. The normalized spacial score (nSPS) is 13.2. The second-order valence-electron chi connectivity index (χ2n) is 6.65. The first kappa shape index (κ1) is 16.8. The predicted octanol–water partition coefficient (Wildman–Crippen LogP) is 5.97. The summed E-state index contributed by atoms with van der Waals surface area (Å²) in [6.45, 7) is 8.30. The number of hydrogen-bond acceptors (Lipinski definition) is 2. The predicted molar refractivity (Wildman–Crippen MR) is 83.6 cm³/mol. The van der Waals surface area contributed by atoms with Crippen molar-refractivity contribution >= 4 is 0 Å². The molecule has 0 amide bonds. The monoisotopic (exact) mass is 275 g/mol. The Balaban J connectivity index is 2.04. The van der Waals surface area contributed by atoms with Gasteiger partial charge in [-0.15, -0.1) is 0 Å². The van der Waals surface area contributed by atoms with E-state index in [9.17, 15) is 0 Å². The molecule has 2 nitrogen and oxygen atoms in total. The van der Waals surface area contributed by atoms with Crippen LogP contribution in [-0.4, -0.2) is 0 Å². The highest BCUT2D eigenvalue weighted by Gasteiger charge is 2.15. The van der Waals surface area contributed by atoms with Crippen molar-refractivity contribution in [3.8, 4) is 6.07 Å². The highest BCUT2D eigenvalue weighted by molar-refractivity contribution is 5.09. The smallest absolute Gasteiger partial charge is 0.106 e. The van der Waals surface area contributed by atoms with E-state index < -0.39 is 0 Å². The third kappa shape index (κ3) is 6.28. The number of furan rings is 1. The van der Waals surface area contributed by atoms with Gasteiger partial charge in [-0.25, -0.2) is 0 Å². The van der Waals surface area contributed by atoms with Crippen molar-refractivity contribution in [1.82, 2.24) is 0 Å². The lowest BCUT2D eigenvalue weighted by Gasteiger charge is -2.14. The fourth-order valence-corrected chi connectivity index (χ4v) is 2.46. The van der Waals surface area contributed by atoms with Gasteiger partial charge in [0.2, 0.25) is 0 Å². The number of rotatable bonds is 9. The minimum atomic E-state index is -0.147. The van der Waals surface area contributed by atoms with Crippen molar-refractivity contribution in [1.29, 1.82) is 5.26 Å². The maximum atomic E-state index is 8.95. The largest absolute Gasteiger partial charge is 0.466 e. The van der Waals surface area contributed by atoms with Crippen LogP contribution in [0.1, 0.15) is 83.2 Å². The fraction of sp³-hybridized carbons (Fsp3) is 0.722. The molecule has 1 rings (SSSR count). The molecule has 20 heavy (non-hydrogen) atoms. The summed E-state index contributed by atoms with van der Waals surface area (Å²) in [7, 11) is 0. The molecule has 0 aliphatic carbocycles. The summed E-state index contributed by atoms with van der Waals surface area (Å²) in [5.41, 5.74) is -0.147. The molecule has 0 saturated carbocycles. The molecule has 0 radical (unpaired) electrons. The molecule has 0 aliphatic rings. The topological polar surface area (TPSA) is 36.9 Å². The molecular formula is C18H29NO. The Bertz CT molecular complexity index is 425. The number of hydrogen-bond donors (Lipinski definition) is 0. The first-order valence-electron chi connectivity index (χ1n) is 7.92. The van der Waals surface area contributed by atoms with Gasteiger partial charge in [-0.05, 0) is 45.7 Å². The van der Waals surface area contributed by atoms with E-state index in [1.54, 1.807) is 0 Å². The molecule has 112 valence electrons. The molecule has 0 bridgehead atoms. The lowest BCUT2D eigenvalue weighted by molar-refractivity contribution is 0.412. The van der Waals surface area contributed by atoms with E-state index in [1.807, 2.05) is 26.8 Å². The van der Waals surface area contributed by atoms with Crippen molar-refractivity contribution in [2.45, 2.75) is 78.6 Å². The van der Waals surface area contributed by atoms with E-state index in [4.69, 9.17) is 9.68 Å². The fourth-order valence-electron chi connectivity index (χ4n) is 2.46. The lowest BCUT2D eigenvalue weighted by Crippen LogP contribution is -2.06. The van der Waals surface area contributed by atoms with Crippen LogP contribution >= 0.6 is 0 Å². The Morgan fingerprint density at radius 3 is 2.40 bits per heavy atom. The van der Waals surface area contributed by atoms with Gasteiger partial charge in [0.15, 0.2) is 0 Å². The van der Waals surface area contributed by atoms with Crippen molar-refractivity contribution in [3.05, 3.63) is 23.7 Å². The summed E-state index contributed by atoms with van der Waals surface area (Å²) in [5, 5.41) is 8.95. The summed E-state index contributed by atoms with van der Waals surface area (Å²) in [4.78, 5) is 0. The molecule has 0 unspecified atom stereocenters. The van der Waals surface area contributed by atoms with E-state index in [0.29, 0.717) is 5.92 Å². The highest BCUT2D eigenvalue weighted by Crippen LogP contribution is 2.25. The molecule has 1 aromatic rings. The zero-order chi connectivity index (χ0) is 15.0. The molecule has 2 heteroatoms. The minimum Gasteiger partial charge on any atom is -0.466 e. The van der Waals surface area contributed by atoms with Crippen LogP contribution in [-0.2, 0) is 0 Å². The van der Waals surface area contributed by atoms with Crippen molar-refractivity contribution in [2.24, 2.45) is 5.41 Å². The minimum absolute atomic E-state index is 0.147. The summed E-state index contributed by atoms with van der Waals surface area (Å²) in [6.07, 6.45) is 8.49. The second kappa shape index (κ2) is 8.15. The molecule has 1 heterocycles. The molecular weight excluding hydrogens is 246 g/mol. The Morgan fingerprint density at radius 2 is 1.80 bits per heavy atom. The summed E-state index contributed by atoms with van der Waals surface area (Å²) >= 11 is 0. The van der Waals surface area contributed by atoms with Gasteiger partial charge in [-0.2, -0.15) is 5.26 Å². The van der Waals surface area contributed by atoms with Gasteiger partial charge in [-0.1, -0.05) is 39.0 Å². The van der Waals surface area contributed by atoms with Crippen molar-refractivity contribution < 1.29 is 4.42 Å². The molecule has 1 atom stereocenters. The van der Waals surface area contributed by atoms with Crippen LogP contribution in [0.15, 0.2) is 16.5 Å². The van der Waals surface area contributed by atoms with E-state index in [1.165, 1.54) is 38.5 Å². The Labute approximate surface area is 124 Å². The van der Waals surface area contributed by atoms with Gasteiger partial charge in [0.25, 0.3) is 0 Å². The van der Waals surface area contributed by atoms with Gasteiger partial charge in [0.1, 0.15) is 11.5 Å². The molecule has 0 aromatic carbocycles. The number of unbranched alkanes of at least 4 members (excludes halogenated alkanes) is 4. The van der Waals surface area contributed by atoms with Crippen LogP contribution in [0, 0.1) is 23.7 Å². The quantitative estimate of drug-likeness (QED) is 0.520. The molecule has 0 N–H and O–H groups in total. The number of nitriles is 1. The van der Waals surface area contributed by atoms with Crippen molar-refractivity contribution in [2.75, 3.05) is 0 Å². The third-order valence-corrected chi connectivity index (χ3v) is 3.99. The van der Waals surface area contributed by atoms with E-state index in [0.717, 1.165) is 17.9 Å². The van der Waals surface area contributed by atoms with Gasteiger partial charge < -0.3 is 4.42 Å². The summed E-state index contributed by atoms with van der Waals surface area (Å²) in [6, 6.07) is 6.51. The van der Waals surface area contributed by atoms with E-state index in [-0.39, 0.29) is 5.41 Å². The lowest BCUT2D eigenvalue weighted by atomic mass is 9.88. The molecule has 0 spiro atoms. The second-order valence-corrected chi connectivity index (χ2v) is 6.65. The van der Waals surface area contributed by atoms with Gasteiger partial charge in [0.05, 0.1) is 11.5 Å². The van der Waals surface area contributed by atoms with Crippen LogP contribution in [0.5, 0.6) is 0 Å². The van der Waals surface area contributed by atoms with Crippen molar-refractivity contribution in [3.63, 3.8) is 0 Å². The standard InChI is InChI=1S/C18H29NO/c1-15(17-12-11-16(2)20-17)10-8-6-5-7-9-13-18(3,4)14-19/h11-12,15H,5-10,13H2,1-4H3/t15-/m0/s1. The average molecular weight is 275 g/mol. The zero-order valence-electron chi connectivity index (χ0n) is 13.5. The molecule has 0 saturated heterocycles. The van der Waals surface area contributed by atoms with Crippen LogP contribution in [0.4, 0.5) is 0 Å².